The number of aromatic amines is 1. The van der Waals surface area contributed by atoms with Crippen molar-refractivity contribution in [2.75, 3.05) is 38.0 Å². The Bertz CT molecular complexity index is 1060. The third kappa shape index (κ3) is 4.42. The van der Waals surface area contributed by atoms with E-state index >= 15 is 0 Å². The highest BCUT2D eigenvalue weighted by atomic mass is 19.1. The molecule has 156 valence electrons. The quantitative estimate of drug-likeness (QED) is 0.442. The number of para-hydroxylation sites is 1. The van der Waals surface area contributed by atoms with Gasteiger partial charge in [0.25, 0.3) is 5.91 Å². The number of carbonyl (C=O) groups is 2. The number of fused-ring (bicyclic) bond motifs is 1. The minimum absolute atomic E-state index is 0.123. The van der Waals surface area contributed by atoms with E-state index in [-0.39, 0.29) is 23.5 Å². The number of Topliss-reactive ketones (excluding diaryl/α,β-unsaturated/α-hetero) is 1. The molecule has 0 aliphatic carbocycles. The third-order valence-corrected chi connectivity index (χ3v) is 5.98. The predicted octanol–water partition coefficient (Wildman–Crippen LogP) is 0.300. The zero-order valence-corrected chi connectivity index (χ0v) is 17.0. The first-order valence-electron chi connectivity index (χ1n) is 10.3. The molecule has 1 atom stereocenters. The first-order chi connectivity index (χ1) is 14.5. The summed E-state index contributed by atoms with van der Waals surface area (Å²) in [6, 6.07) is 13.6. The number of rotatable bonds is 6. The van der Waals surface area contributed by atoms with Crippen molar-refractivity contribution in [3.8, 4) is 0 Å². The summed E-state index contributed by atoms with van der Waals surface area (Å²) >= 11 is 0. The van der Waals surface area contributed by atoms with Gasteiger partial charge in [-0.1, -0.05) is 24.3 Å². The highest BCUT2D eigenvalue weighted by Gasteiger charge is 2.33. The fourth-order valence-electron chi connectivity index (χ4n) is 4.23. The van der Waals surface area contributed by atoms with Gasteiger partial charge in [-0.2, -0.15) is 0 Å². The molecule has 0 unspecified atom stereocenters. The Balaban J connectivity index is 1.30. The minimum Gasteiger partial charge on any atom is -0.360 e. The van der Waals surface area contributed by atoms with Gasteiger partial charge < -0.3 is 20.1 Å². The van der Waals surface area contributed by atoms with E-state index in [9.17, 15) is 14.0 Å². The van der Waals surface area contributed by atoms with E-state index in [0.717, 1.165) is 42.6 Å². The van der Waals surface area contributed by atoms with Crippen LogP contribution >= 0.6 is 0 Å². The Morgan fingerprint density at radius 1 is 1.10 bits per heavy atom. The molecule has 1 amide bonds. The molecule has 1 fully saturated rings. The van der Waals surface area contributed by atoms with Gasteiger partial charge in [-0.15, -0.1) is 0 Å². The van der Waals surface area contributed by atoms with Crippen LogP contribution in [-0.4, -0.2) is 55.4 Å². The predicted molar refractivity (Wildman–Crippen MR) is 113 cm³/mol. The van der Waals surface area contributed by atoms with Gasteiger partial charge in [0.15, 0.2) is 6.54 Å². The van der Waals surface area contributed by atoms with Crippen LogP contribution in [0.15, 0.2) is 54.7 Å². The molecule has 3 aromatic rings. The second-order valence-corrected chi connectivity index (χ2v) is 7.98. The summed E-state index contributed by atoms with van der Waals surface area (Å²) < 4.78 is 13.3. The van der Waals surface area contributed by atoms with Gasteiger partial charge in [-0.05, 0) is 31.2 Å². The molecule has 0 radical (unpaired) electrons. The molecule has 6 nitrogen and oxygen atoms in total. The number of quaternary nitrogens is 2. The number of amides is 1. The summed E-state index contributed by atoms with van der Waals surface area (Å²) in [5.74, 6) is -0.345. The number of anilines is 1. The Morgan fingerprint density at radius 3 is 2.63 bits per heavy atom. The summed E-state index contributed by atoms with van der Waals surface area (Å²) in [5.41, 5.74) is 2.19. The van der Waals surface area contributed by atoms with E-state index in [2.05, 4.69) is 10.3 Å². The summed E-state index contributed by atoms with van der Waals surface area (Å²) in [7, 11) is 0. The van der Waals surface area contributed by atoms with Crippen molar-refractivity contribution in [3.05, 3.63) is 66.1 Å². The molecule has 0 bridgehead atoms. The number of hydrogen-bond donors (Lipinski definition) is 4. The summed E-state index contributed by atoms with van der Waals surface area (Å²) in [6.07, 6.45) is 1.81. The fraction of sp³-hybridized carbons (Fsp3) is 0.304. The van der Waals surface area contributed by atoms with Crippen LogP contribution in [0.2, 0.25) is 0 Å². The Hall–Kier alpha value is -3.03. The van der Waals surface area contributed by atoms with Crippen LogP contribution in [0.3, 0.4) is 0 Å². The Morgan fingerprint density at radius 2 is 1.87 bits per heavy atom. The van der Waals surface area contributed by atoms with Crippen molar-refractivity contribution in [2.24, 2.45) is 0 Å². The number of benzene rings is 2. The molecule has 4 rings (SSSR count). The normalized spacial score (nSPS) is 20.1. The monoisotopic (exact) mass is 410 g/mol. The van der Waals surface area contributed by atoms with Crippen LogP contribution in [-0.2, 0) is 4.79 Å². The van der Waals surface area contributed by atoms with E-state index in [1.54, 1.807) is 18.3 Å². The van der Waals surface area contributed by atoms with Crippen LogP contribution in [0.4, 0.5) is 10.1 Å². The van der Waals surface area contributed by atoms with Crippen molar-refractivity contribution in [1.29, 1.82) is 0 Å². The second kappa shape index (κ2) is 8.77. The largest absolute Gasteiger partial charge is 0.360 e. The van der Waals surface area contributed by atoms with E-state index < -0.39 is 0 Å². The van der Waals surface area contributed by atoms with Crippen molar-refractivity contribution in [1.82, 2.24) is 4.98 Å². The molecule has 7 heteroatoms. The number of halogens is 1. The summed E-state index contributed by atoms with van der Waals surface area (Å²) in [6.45, 7) is 5.63. The van der Waals surface area contributed by atoms with E-state index in [1.807, 2.05) is 31.2 Å². The topological polar surface area (TPSA) is 70.8 Å². The average molecular weight is 410 g/mol. The number of H-pyrrole nitrogens is 1. The standard InChI is InChI=1S/C23H25FN4O2/c1-16(23(30)20-14-25-21-8-3-2-7-19(20)21)28-11-9-27(10-12-28)15-22(29)26-18-6-4-5-17(24)13-18/h2-8,13-14,16,25H,9-12,15H2,1H3,(H,26,29)/p+2/t16-/m1/s1. The smallest absolute Gasteiger partial charge is 0.279 e. The number of hydrogen-bond acceptors (Lipinski definition) is 2. The molecule has 0 spiro atoms. The first kappa shape index (κ1) is 20.3. The molecule has 2 aromatic carbocycles. The number of nitrogens with one attached hydrogen (secondary N) is 4. The zero-order valence-electron chi connectivity index (χ0n) is 17.0. The van der Waals surface area contributed by atoms with E-state index in [1.165, 1.54) is 21.9 Å². The van der Waals surface area contributed by atoms with Gasteiger partial charge in [0.2, 0.25) is 5.78 Å². The Kier molecular flexibility index (Phi) is 5.92. The van der Waals surface area contributed by atoms with E-state index in [4.69, 9.17) is 0 Å². The molecule has 1 aliphatic rings. The van der Waals surface area contributed by atoms with Gasteiger partial charge in [0.05, 0.1) is 0 Å². The van der Waals surface area contributed by atoms with Crippen LogP contribution in [0.1, 0.15) is 17.3 Å². The molecule has 1 aliphatic heterocycles. The molecule has 4 N–H and O–H groups in total. The van der Waals surface area contributed by atoms with E-state index in [0.29, 0.717) is 12.2 Å². The molecule has 1 saturated heterocycles. The van der Waals surface area contributed by atoms with Gasteiger partial charge in [-0.3, -0.25) is 9.59 Å². The number of carbonyl (C=O) groups excluding carboxylic acids is 2. The SMILES string of the molecule is C[C@H](C(=O)c1c[nH]c2ccccc12)[NH+]1CC[NH+](CC(=O)Nc2cccc(F)c2)CC1. The number of ketones is 1. The summed E-state index contributed by atoms with van der Waals surface area (Å²) in [5, 5.41) is 3.72. The fourth-order valence-corrected chi connectivity index (χ4v) is 4.23. The molecule has 0 saturated carbocycles. The van der Waals surface area contributed by atoms with Crippen LogP contribution < -0.4 is 15.1 Å². The number of piperazine rings is 1. The lowest BCUT2D eigenvalue weighted by Gasteiger charge is -2.32. The minimum atomic E-state index is -0.369. The third-order valence-electron chi connectivity index (χ3n) is 5.98. The maximum absolute atomic E-state index is 13.3. The molecular formula is C23H27FN4O2+2. The van der Waals surface area contributed by atoms with Crippen LogP contribution in [0.25, 0.3) is 10.9 Å². The highest BCUT2D eigenvalue weighted by Crippen LogP contribution is 2.18. The first-order valence-corrected chi connectivity index (χ1v) is 10.3. The number of aromatic nitrogens is 1. The maximum Gasteiger partial charge on any atom is 0.279 e. The lowest BCUT2D eigenvalue weighted by atomic mass is 10.0. The van der Waals surface area contributed by atoms with Crippen molar-refractivity contribution in [2.45, 2.75) is 13.0 Å². The summed E-state index contributed by atoms with van der Waals surface area (Å²) in [4.78, 5) is 30.9. The Labute approximate surface area is 174 Å². The van der Waals surface area contributed by atoms with Gasteiger partial charge in [0, 0.05) is 28.4 Å². The highest BCUT2D eigenvalue weighted by molar-refractivity contribution is 6.09. The average Bonchev–Trinajstić information content (AvgIpc) is 3.17. The van der Waals surface area contributed by atoms with Crippen LogP contribution in [0.5, 0.6) is 0 Å². The van der Waals surface area contributed by atoms with Crippen molar-refractivity contribution >= 4 is 28.3 Å². The van der Waals surface area contributed by atoms with Gasteiger partial charge in [0.1, 0.15) is 38.0 Å². The van der Waals surface area contributed by atoms with Gasteiger partial charge in [-0.25, -0.2) is 4.39 Å². The molecule has 30 heavy (non-hydrogen) atoms. The lowest BCUT2D eigenvalue weighted by molar-refractivity contribution is -1.01. The molecular weight excluding hydrogens is 383 g/mol. The van der Waals surface area contributed by atoms with Crippen LogP contribution in [0, 0.1) is 5.82 Å². The molecule has 2 heterocycles. The van der Waals surface area contributed by atoms with Crippen molar-refractivity contribution in [3.63, 3.8) is 0 Å². The second-order valence-electron chi connectivity index (χ2n) is 7.98. The maximum atomic E-state index is 13.3. The van der Waals surface area contributed by atoms with Gasteiger partial charge >= 0.3 is 0 Å². The molecule has 1 aromatic heterocycles. The lowest BCUT2D eigenvalue weighted by Crippen LogP contribution is -3.30. The van der Waals surface area contributed by atoms with Crippen molar-refractivity contribution < 1.29 is 23.8 Å². The zero-order chi connectivity index (χ0) is 21.1.